The summed E-state index contributed by atoms with van der Waals surface area (Å²) in [4.78, 5) is 11.0. The van der Waals surface area contributed by atoms with Gasteiger partial charge in [0.1, 0.15) is 0 Å². The van der Waals surface area contributed by atoms with Gasteiger partial charge in [-0.2, -0.15) is 0 Å². The zero-order valence-corrected chi connectivity index (χ0v) is 11.5. The molecule has 15 heavy (non-hydrogen) atoms. The van der Waals surface area contributed by atoms with Crippen molar-refractivity contribution in [2.24, 2.45) is 0 Å². The van der Waals surface area contributed by atoms with Gasteiger partial charge in [0, 0.05) is 19.5 Å². The summed E-state index contributed by atoms with van der Waals surface area (Å²) in [5.74, 6) is -0.870. The minimum atomic E-state index is -0.870. The van der Waals surface area contributed by atoms with Gasteiger partial charge >= 0.3 is 5.97 Å². The molecule has 0 saturated carbocycles. The molecule has 0 aliphatic carbocycles. The molecule has 0 fully saturated rings. The number of rotatable bonds is 1. The van der Waals surface area contributed by atoms with Crippen LogP contribution in [0.25, 0.3) is 10.8 Å². The molecule has 0 amide bonds. The summed E-state index contributed by atoms with van der Waals surface area (Å²) in [6, 6.07) is 11.1. The molecule has 2 nitrogen and oxygen atoms in total. The summed E-state index contributed by atoms with van der Waals surface area (Å²) < 4.78 is 0. The van der Waals surface area contributed by atoms with Gasteiger partial charge in [0.25, 0.3) is 0 Å². The molecule has 0 aliphatic rings. The monoisotopic (exact) mass is 250 g/mol. The van der Waals surface area contributed by atoms with Crippen molar-refractivity contribution in [3.63, 3.8) is 0 Å². The fraction of sp³-hybridized carbons (Fsp3) is 0.0833. The van der Waals surface area contributed by atoms with Crippen LogP contribution in [-0.4, -0.2) is 11.1 Å². The number of fused-ring (bicyclic) bond motifs is 1. The molecular weight excluding hydrogens is 242 g/mol. The van der Waals surface area contributed by atoms with E-state index in [1.165, 1.54) is 0 Å². The SMILES string of the molecule is Cc1cccc2cccc(C(=O)O)c12.[Zn]. The van der Waals surface area contributed by atoms with E-state index >= 15 is 0 Å². The largest absolute Gasteiger partial charge is 0.478 e. The average Bonchev–Trinajstić information content (AvgIpc) is 2.17. The Labute approximate surface area is 101 Å². The van der Waals surface area contributed by atoms with Crippen molar-refractivity contribution in [3.8, 4) is 0 Å². The standard InChI is InChI=1S/C12H10O2.Zn/c1-8-4-2-5-9-6-3-7-10(11(8)9)12(13)14;/h2-7H,1H3,(H,13,14);. The molecule has 3 heteroatoms. The quantitative estimate of drug-likeness (QED) is 0.792. The van der Waals surface area contributed by atoms with Gasteiger partial charge in [0.2, 0.25) is 0 Å². The molecule has 0 spiro atoms. The number of benzene rings is 2. The maximum absolute atomic E-state index is 11.0. The first-order valence-corrected chi connectivity index (χ1v) is 4.42. The van der Waals surface area contributed by atoms with Crippen LogP contribution in [0.4, 0.5) is 0 Å². The maximum atomic E-state index is 11.0. The van der Waals surface area contributed by atoms with Crippen LogP contribution in [0.1, 0.15) is 15.9 Å². The van der Waals surface area contributed by atoms with Crippen LogP contribution in [0.15, 0.2) is 36.4 Å². The number of hydrogen-bond donors (Lipinski definition) is 1. The predicted molar refractivity (Wildman–Crippen MR) is 55.6 cm³/mol. The van der Waals surface area contributed by atoms with Crippen LogP contribution in [0.2, 0.25) is 0 Å². The Morgan fingerprint density at radius 3 is 2.33 bits per heavy atom. The van der Waals surface area contributed by atoms with Gasteiger partial charge in [-0.05, 0) is 29.3 Å². The summed E-state index contributed by atoms with van der Waals surface area (Å²) in [6.45, 7) is 1.93. The first-order chi connectivity index (χ1) is 6.70. The van der Waals surface area contributed by atoms with Crippen LogP contribution in [-0.2, 0) is 19.5 Å². The molecule has 0 heterocycles. The molecule has 2 aromatic carbocycles. The van der Waals surface area contributed by atoms with E-state index in [2.05, 4.69) is 0 Å². The molecule has 0 atom stereocenters. The Bertz CT molecular complexity index is 501. The predicted octanol–water partition coefficient (Wildman–Crippen LogP) is 2.84. The Morgan fingerprint density at radius 2 is 1.73 bits per heavy atom. The first kappa shape index (κ1) is 11.9. The van der Waals surface area contributed by atoms with E-state index in [0.717, 1.165) is 16.3 Å². The van der Waals surface area contributed by atoms with Crippen LogP contribution < -0.4 is 0 Å². The van der Waals surface area contributed by atoms with Gasteiger partial charge in [-0.3, -0.25) is 0 Å². The van der Waals surface area contributed by atoms with Gasteiger partial charge in [0.15, 0.2) is 0 Å². The van der Waals surface area contributed by atoms with Crippen molar-refractivity contribution in [2.45, 2.75) is 6.92 Å². The topological polar surface area (TPSA) is 37.3 Å². The van der Waals surface area contributed by atoms with E-state index in [1.54, 1.807) is 12.1 Å². The Kier molecular flexibility index (Phi) is 3.59. The number of carboxylic acid groups (broad SMARTS) is 1. The van der Waals surface area contributed by atoms with Gasteiger partial charge in [-0.1, -0.05) is 30.3 Å². The van der Waals surface area contributed by atoms with Gasteiger partial charge in [-0.25, -0.2) is 4.79 Å². The fourth-order valence-electron chi connectivity index (χ4n) is 1.71. The summed E-state index contributed by atoms with van der Waals surface area (Å²) in [7, 11) is 0. The summed E-state index contributed by atoms with van der Waals surface area (Å²) in [5, 5.41) is 10.8. The Hall–Kier alpha value is -1.21. The van der Waals surface area contributed by atoms with E-state index in [1.807, 2.05) is 31.2 Å². The van der Waals surface area contributed by atoms with E-state index in [0.29, 0.717) is 5.56 Å². The number of carbonyl (C=O) groups is 1. The molecule has 1 N–H and O–H groups in total. The normalized spacial score (nSPS) is 9.67. The third-order valence-electron chi connectivity index (χ3n) is 2.34. The van der Waals surface area contributed by atoms with Crippen LogP contribution in [0, 0.1) is 6.92 Å². The summed E-state index contributed by atoms with van der Waals surface area (Å²) >= 11 is 0. The number of aryl methyl sites for hydroxylation is 1. The van der Waals surface area contributed by atoms with E-state index in [4.69, 9.17) is 5.11 Å². The van der Waals surface area contributed by atoms with Gasteiger partial charge in [0.05, 0.1) is 5.56 Å². The van der Waals surface area contributed by atoms with E-state index in [-0.39, 0.29) is 19.5 Å². The zero-order chi connectivity index (χ0) is 10.1. The third-order valence-corrected chi connectivity index (χ3v) is 2.34. The Morgan fingerprint density at radius 1 is 1.13 bits per heavy atom. The minimum Gasteiger partial charge on any atom is -0.478 e. The summed E-state index contributed by atoms with van der Waals surface area (Å²) in [6.07, 6.45) is 0. The number of hydrogen-bond acceptors (Lipinski definition) is 1. The number of carboxylic acids is 1. The molecule has 0 aromatic heterocycles. The third kappa shape index (κ3) is 2.08. The molecule has 0 saturated heterocycles. The smallest absolute Gasteiger partial charge is 0.336 e. The molecule has 2 aromatic rings. The minimum absolute atomic E-state index is 0. The second kappa shape index (κ2) is 4.54. The molecule has 0 bridgehead atoms. The molecule has 2 rings (SSSR count). The summed E-state index contributed by atoms with van der Waals surface area (Å²) in [5.41, 5.74) is 1.38. The molecule has 72 valence electrons. The second-order valence-electron chi connectivity index (χ2n) is 3.28. The molecule has 0 unspecified atom stereocenters. The van der Waals surface area contributed by atoms with Crippen LogP contribution in [0.3, 0.4) is 0 Å². The fourth-order valence-corrected chi connectivity index (χ4v) is 1.71. The van der Waals surface area contributed by atoms with Crippen LogP contribution >= 0.6 is 0 Å². The molecule has 0 aliphatic heterocycles. The Balaban J connectivity index is 0.00000112. The van der Waals surface area contributed by atoms with E-state index in [9.17, 15) is 4.79 Å². The second-order valence-corrected chi connectivity index (χ2v) is 3.28. The molecule has 0 radical (unpaired) electrons. The van der Waals surface area contributed by atoms with Crippen molar-refractivity contribution in [2.75, 3.05) is 0 Å². The van der Waals surface area contributed by atoms with Crippen molar-refractivity contribution in [1.82, 2.24) is 0 Å². The van der Waals surface area contributed by atoms with Crippen molar-refractivity contribution in [1.29, 1.82) is 0 Å². The van der Waals surface area contributed by atoms with Crippen molar-refractivity contribution < 1.29 is 29.4 Å². The van der Waals surface area contributed by atoms with Gasteiger partial charge < -0.3 is 5.11 Å². The average molecular weight is 252 g/mol. The van der Waals surface area contributed by atoms with Gasteiger partial charge in [-0.15, -0.1) is 0 Å². The van der Waals surface area contributed by atoms with Crippen molar-refractivity contribution in [3.05, 3.63) is 47.5 Å². The van der Waals surface area contributed by atoms with Crippen LogP contribution in [0.5, 0.6) is 0 Å². The zero-order valence-electron chi connectivity index (χ0n) is 8.53. The number of aromatic carboxylic acids is 1. The van der Waals surface area contributed by atoms with Crippen molar-refractivity contribution >= 4 is 16.7 Å². The first-order valence-electron chi connectivity index (χ1n) is 4.42. The van der Waals surface area contributed by atoms with E-state index < -0.39 is 5.97 Å². The maximum Gasteiger partial charge on any atom is 0.336 e. The molecular formula is C12H10O2Zn.